The first-order valence-corrected chi connectivity index (χ1v) is 9.66. The van der Waals surface area contributed by atoms with Crippen LogP contribution in [-0.4, -0.2) is 17.3 Å². The molecule has 0 amide bonds. The van der Waals surface area contributed by atoms with Crippen molar-refractivity contribution in [3.63, 3.8) is 0 Å². The molecule has 0 bridgehead atoms. The smallest absolute Gasteiger partial charge is 0.116 e. The van der Waals surface area contributed by atoms with Crippen LogP contribution in [0.3, 0.4) is 0 Å². The fourth-order valence-corrected chi connectivity index (χ4v) is 6.82. The number of hydrogen-bond donors (Lipinski definition) is 0. The second kappa shape index (κ2) is 5.33. The minimum Gasteiger partial charge on any atom is -0.319 e. The Kier molecular flexibility index (Phi) is 3.69. The molecule has 0 saturated carbocycles. The fourth-order valence-electron chi connectivity index (χ4n) is 3.27. The van der Waals surface area contributed by atoms with Crippen LogP contribution in [0.2, 0.25) is 0 Å². The summed E-state index contributed by atoms with van der Waals surface area (Å²) in [5, 5.41) is 2.25. The molecule has 3 rings (SSSR count). The highest BCUT2D eigenvalue weighted by atomic mass is 31.2. The van der Waals surface area contributed by atoms with Gasteiger partial charge in [-0.25, -0.2) is 0 Å². The van der Waals surface area contributed by atoms with Crippen LogP contribution in [0.15, 0.2) is 30.5 Å². The number of aromatic nitrogens is 1. The highest BCUT2D eigenvalue weighted by Gasteiger charge is 2.31. The molecule has 0 N–H and O–H groups in total. The van der Waals surface area contributed by atoms with Gasteiger partial charge in [0.2, 0.25) is 0 Å². The van der Waals surface area contributed by atoms with E-state index in [0.717, 1.165) is 41.4 Å². The molecule has 0 unspecified atom stereocenters. The van der Waals surface area contributed by atoms with Crippen molar-refractivity contribution in [2.45, 2.75) is 39.0 Å². The lowest BCUT2D eigenvalue weighted by Crippen LogP contribution is -2.21. The summed E-state index contributed by atoms with van der Waals surface area (Å²) in [6.07, 6.45) is 7.14. The molecule has 106 valence electrons. The largest absolute Gasteiger partial charge is 0.319 e. The maximum atomic E-state index is 13.5. The van der Waals surface area contributed by atoms with Gasteiger partial charge in [0, 0.05) is 29.2 Å². The molecule has 2 aromatic rings. The van der Waals surface area contributed by atoms with Crippen molar-refractivity contribution in [3.05, 3.63) is 36.0 Å². The van der Waals surface area contributed by atoms with Crippen LogP contribution in [0.5, 0.6) is 0 Å². The summed E-state index contributed by atoms with van der Waals surface area (Å²) in [5.74, 6) is 0.370. The van der Waals surface area contributed by atoms with E-state index in [9.17, 15) is 4.57 Å². The van der Waals surface area contributed by atoms with Gasteiger partial charge in [-0.2, -0.15) is 0 Å². The predicted molar refractivity (Wildman–Crippen MR) is 86.7 cm³/mol. The molecule has 1 fully saturated rings. The van der Waals surface area contributed by atoms with Gasteiger partial charge in [0.1, 0.15) is 7.14 Å². The van der Waals surface area contributed by atoms with E-state index in [4.69, 9.17) is 0 Å². The molecule has 1 saturated heterocycles. The Morgan fingerprint density at radius 1 is 1.10 bits per heavy atom. The lowest BCUT2D eigenvalue weighted by atomic mass is 10.0. The minimum atomic E-state index is -2.24. The monoisotopic (exact) mass is 287 g/mol. The van der Waals surface area contributed by atoms with Gasteiger partial charge in [-0.3, -0.25) is 4.98 Å². The fraction of sp³-hybridized carbons (Fsp3) is 0.471. The first-order valence-electron chi connectivity index (χ1n) is 7.58. The van der Waals surface area contributed by atoms with Gasteiger partial charge in [0.15, 0.2) is 0 Å². The number of rotatable bonds is 2. The van der Waals surface area contributed by atoms with E-state index >= 15 is 0 Å². The predicted octanol–water partition coefficient (Wildman–Crippen LogP) is 4.53. The van der Waals surface area contributed by atoms with Gasteiger partial charge in [0.25, 0.3) is 0 Å². The first-order chi connectivity index (χ1) is 9.62. The summed E-state index contributed by atoms with van der Waals surface area (Å²) in [4.78, 5) is 4.57. The molecule has 1 aromatic carbocycles. The Morgan fingerprint density at radius 2 is 1.80 bits per heavy atom. The first kappa shape index (κ1) is 13.8. The lowest BCUT2D eigenvalue weighted by molar-refractivity contribution is 0.567. The average Bonchev–Trinajstić information content (AvgIpc) is 2.46. The van der Waals surface area contributed by atoms with E-state index in [0.29, 0.717) is 5.92 Å². The molecule has 2 heterocycles. The lowest BCUT2D eigenvalue weighted by Gasteiger charge is -2.27. The number of fused-ring (bicyclic) bond motifs is 1. The van der Waals surface area contributed by atoms with Crippen LogP contribution in [0.25, 0.3) is 10.9 Å². The van der Waals surface area contributed by atoms with Crippen LogP contribution in [0.1, 0.15) is 44.6 Å². The Morgan fingerprint density at radius 3 is 2.50 bits per heavy atom. The zero-order valence-corrected chi connectivity index (χ0v) is 13.2. The van der Waals surface area contributed by atoms with Crippen molar-refractivity contribution >= 4 is 23.3 Å². The van der Waals surface area contributed by atoms with E-state index in [2.05, 4.69) is 24.9 Å². The number of hydrogen-bond acceptors (Lipinski definition) is 2. The Balaban J connectivity index is 2.30. The third kappa shape index (κ3) is 2.31. The van der Waals surface area contributed by atoms with E-state index in [1.807, 2.05) is 24.4 Å². The molecule has 1 aromatic heterocycles. The second-order valence-corrected chi connectivity index (χ2v) is 9.25. The van der Waals surface area contributed by atoms with Gasteiger partial charge < -0.3 is 4.57 Å². The van der Waals surface area contributed by atoms with Crippen molar-refractivity contribution in [1.29, 1.82) is 0 Å². The van der Waals surface area contributed by atoms with Gasteiger partial charge in [-0.15, -0.1) is 0 Å². The highest BCUT2D eigenvalue weighted by molar-refractivity contribution is 7.72. The van der Waals surface area contributed by atoms with Crippen LogP contribution < -0.4 is 5.30 Å². The third-order valence-corrected chi connectivity index (χ3v) is 7.73. The van der Waals surface area contributed by atoms with Crippen molar-refractivity contribution in [2.75, 3.05) is 12.3 Å². The zero-order chi connectivity index (χ0) is 14.2. The quantitative estimate of drug-likeness (QED) is 0.759. The third-order valence-electron chi connectivity index (χ3n) is 4.34. The Hall–Kier alpha value is -1.14. The molecule has 20 heavy (non-hydrogen) atoms. The van der Waals surface area contributed by atoms with Crippen LogP contribution >= 0.6 is 7.14 Å². The molecular formula is C17H22NOP. The maximum absolute atomic E-state index is 13.5. The molecule has 1 aliphatic rings. The van der Waals surface area contributed by atoms with E-state index in [-0.39, 0.29) is 0 Å². The number of benzene rings is 1. The van der Waals surface area contributed by atoms with Gasteiger partial charge >= 0.3 is 0 Å². The number of nitrogens with zero attached hydrogens (tertiary/aromatic N) is 1. The summed E-state index contributed by atoms with van der Waals surface area (Å²) in [6.45, 7) is 4.34. The van der Waals surface area contributed by atoms with Gasteiger partial charge in [0.05, 0.1) is 5.52 Å². The molecular weight excluding hydrogens is 265 g/mol. The SMILES string of the molecule is CC(C)c1cnc2ccccc2c1P1(=O)CCCCC1. The summed E-state index contributed by atoms with van der Waals surface area (Å²) in [7, 11) is -2.24. The van der Waals surface area contributed by atoms with E-state index in [1.54, 1.807) is 0 Å². The second-order valence-electron chi connectivity index (χ2n) is 6.13. The molecule has 0 atom stereocenters. The minimum absolute atomic E-state index is 0.370. The number of para-hydroxylation sites is 1. The highest BCUT2D eigenvalue weighted by Crippen LogP contribution is 2.52. The topological polar surface area (TPSA) is 30.0 Å². The van der Waals surface area contributed by atoms with Crippen LogP contribution in [0.4, 0.5) is 0 Å². The standard InChI is InChI=1S/C17H22NOP/c1-13(2)15-12-18-16-9-5-4-8-14(16)17(15)20(19)10-6-3-7-11-20/h4-5,8-9,12-13H,3,6-7,10-11H2,1-2H3. The van der Waals surface area contributed by atoms with Gasteiger partial charge in [-0.1, -0.05) is 38.5 Å². The van der Waals surface area contributed by atoms with Crippen molar-refractivity contribution < 1.29 is 4.57 Å². The summed E-state index contributed by atoms with van der Waals surface area (Å²) >= 11 is 0. The van der Waals surface area contributed by atoms with Crippen LogP contribution in [0, 0.1) is 0 Å². The summed E-state index contributed by atoms with van der Waals surface area (Å²) < 4.78 is 13.5. The van der Waals surface area contributed by atoms with E-state index < -0.39 is 7.14 Å². The molecule has 3 heteroatoms. The average molecular weight is 287 g/mol. The summed E-state index contributed by atoms with van der Waals surface area (Å²) in [6, 6.07) is 8.16. The zero-order valence-electron chi connectivity index (χ0n) is 12.3. The molecule has 2 nitrogen and oxygen atoms in total. The van der Waals surface area contributed by atoms with Crippen LogP contribution in [-0.2, 0) is 4.57 Å². The number of pyridine rings is 1. The maximum Gasteiger partial charge on any atom is 0.116 e. The normalized spacial score (nSPS) is 18.6. The molecule has 0 aliphatic carbocycles. The van der Waals surface area contributed by atoms with Gasteiger partial charge in [-0.05, 0) is 30.4 Å². The summed E-state index contributed by atoms with van der Waals surface area (Å²) in [5.41, 5.74) is 2.17. The Labute approximate surface area is 121 Å². The van der Waals surface area contributed by atoms with Crippen molar-refractivity contribution in [2.24, 2.45) is 0 Å². The van der Waals surface area contributed by atoms with Crippen molar-refractivity contribution in [1.82, 2.24) is 4.98 Å². The molecule has 0 spiro atoms. The Bertz CT molecular complexity index is 668. The van der Waals surface area contributed by atoms with Crippen molar-refractivity contribution in [3.8, 4) is 0 Å². The molecule has 0 radical (unpaired) electrons. The molecule has 1 aliphatic heterocycles. The van der Waals surface area contributed by atoms with E-state index in [1.165, 1.54) is 12.0 Å².